The first-order chi connectivity index (χ1) is 13.7. The fourth-order valence-electron chi connectivity index (χ4n) is 3.82. The van der Waals surface area contributed by atoms with Gasteiger partial charge in [-0.05, 0) is 30.9 Å². The standard InChI is InChI=1S/C20H25N5O3/c26-19(12-15-2-1-7-21-13-15)24-9-4-17(5-10-24)25-18(3-8-22-25)23-20(27)16-6-11-28-14-16/h1-3,7-8,13,16-17H,4-6,9-12,14H2,(H,23,27). The van der Waals surface area contributed by atoms with Crippen LogP contribution < -0.4 is 5.32 Å². The molecule has 2 aromatic heterocycles. The van der Waals surface area contributed by atoms with Crippen molar-refractivity contribution >= 4 is 17.6 Å². The molecule has 1 unspecified atom stereocenters. The summed E-state index contributed by atoms with van der Waals surface area (Å²) in [6.07, 6.45) is 7.92. The number of anilines is 1. The van der Waals surface area contributed by atoms with E-state index in [1.54, 1.807) is 18.6 Å². The van der Waals surface area contributed by atoms with Crippen LogP contribution in [0.2, 0.25) is 0 Å². The maximum Gasteiger partial charge on any atom is 0.231 e. The number of amides is 2. The Morgan fingerprint density at radius 2 is 2.04 bits per heavy atom. The van der Waals surface area contributed by atoms with Gasteiger partial charge in [0.15, 0.2) is 0 Å². The van der Waals surface area contributed by atoms with Gasteiger partial charge in [0, 0.05) is 38.2 Å². The van der Waals surface area contributed by atoms with Crippen LogP contribution in [-0.2, 0) is 20.7 Å². The van der Waals surface area contributed by atoms with Gasteiger partial charge in [-0.25, -0.2) is 4.68 Å². The molecule has 148 valence electrons. The van der Waals surface area contributed by atoms with Crippen LogP contribution >= 0.6 is 0 Å². The molecule has 4 heterocycles. The third kappa shape index (κ3) is 4.22. The first kappa shape index (κ1) is 18.6. The van der Waals surface area contributed by atoms with Crippen LogP contribution in [0.1, 0.15) is 30.9 Å². The fourth-order valence-corrected chi connectivity index (χ4v) is 3.82. The molecule has 2 amide bonds. The zero-order chi connectivity index (χ0) is 19.3. The lowest BCUT2D eigenvalue weighted by atomic mass is 10.0. The predicted molar refractivity (Wildman–Crippen MR) is 103 cm³/mol. The Morgan fingerprint density at radius 1 is 1.18 bits per heavy atom. The van der Waals surface area contributed by atoms with Gasteiger partial charge in [0.2, 0.25) is 11.8 Å². The lowest BCUT2D eigenvalue weighted by molar-refractivity contribution is -0.131. The topological polar surface area (TPSA) is 89.4 Å². The van der Waals surface area contributed by atoms with Gasteiger partial charge in [-0.2, -0.15) is 5.10 Å². The molecule has 8 heteroatoms. The van der Waals surface area contributed by atoms with Gasteiger partial charge in [-0.15, -0.1) is 0 Å². The van der Waals surface area contributed by atoms with E-state index in [4.69, 9.17) is 4.74 Å². The van der Waals surface area contributed by atoms with E-state index < -0.39 is 0 Å². The summed E-state index contributed by atoms with van der Waals surface area (Å²) < 4.78 is 7.18. The van der Waals surface area contributed by atoms with Gasteiger partial charge in [-0.3, -0.25) is 14.6 Å². The van der Waals surface area contributed by atoms with Crippen molar-refractivity contribution in [2.45, 2.75) is 31.7 Å². The lowest BCUT2D eigenvalue weighted by Crippen LogP contribution is -2.40. The largest absolute Gasteiger partial charge is 0.381 e. The van der Waals surface area contributed by atoms with E-state index in [1.165, 1.54) is 0 Å². The Kier molecular flexibility index (Phi) is 5.66. The molecule has 1 atom stereocenters. The lowest BCUT2D eigenvalue weighted by Gasteiger charge is -2.33. The van der Waals surface area contributed by atoms with Crippen molar-refractivity contribution in [2.24, 2.45) is 5.92 Å². The summed E-state index contributed by atoms with van der Waals surface area (Å²) in [4.78, 5) is 30.9. The van der Waals surface area contributed by atoms with Gasteiger partial charge in [0.25, 0.3) is 0 Å². The number of hydrogen-bond acceptors (Lipinski definition) is 5. The summed E-state index contributed by atoms with van der Waals surface area (Å²) in [5.41, 5.74) is 0.933. The number of aromatic nitrogens is 3. The van der Waals surface area contributed by atoms with Crippen molar-refractivity contribution in [1.82, 2.24) is 19.7 Å². The summed E-state index contributed by atoms with van der Waals surface area (Å²) in [6.45, 7) is 2.50. The molecule has 0 bridgehead atoms. The van der Waals surface area contributed by atoms with Crippen molar-refractivity contribution in [3.05, 3.63) is 42.4 Å². The fraction of sp³-hybridized carbons (Fsp3) is 0.500. The number of pyridine rings is 1. The monoisotopic (exact) mass is 383 g/mol. The van der Waals surface area contributed by atoms with Gasteiger partial charge in [-0.1, -0.05) is 6.07 Å². The highest BCUT2D eigenvalue weighted by Crippen LogP contribution is 2.26. The van der Waals surface area contributed by atoms with Crippen LogP contribution in [0.3, 0.4) is 0 Å². The van der Waals surface area contributed by atoms with Gasteiger partial charge in [0.05, 0.1) is 31.2 Å². The minimum atomic E-state index is -0.0877. The normalized spacial score (nSPS) is 20.3. The maximum atomic E-state index is 12.5. The molecular weight excluding hydrogens is 358 g/mol. The summed E-state index contributed by atoms with van der Waals surface area (Å²) in [7, 11) is 0. The molecule has 0 radical (unpaired) electrons. The molecule has 28 heavy (non-hydrogen) atoms. The van der Waals surface area contributed by atoms with Gasteiger partial charge < -0.3 is 15.0 Å². The van der Waals surface area contributed by atoms with Crippen molar-refractivity contribution in [3.8, 4) is 0 Å². The van der Waals surface area contributed by atoms with Crippen LogP contribution in [0.4, 0.5) is 5.82 Å². The van der Waals surface area contributed by atoms with Crippen molar-refractivity contribution in [3.63, 3.8) is 0 Å². The molecule has 2 aromatic rings. The highest BCUT2D eigenvalue weighted by atomic mass is 16.5. The Labute approximate surface area is 163 Å². The molecule has 2 fully saturated rings. The Morgan fingerprint density at radius 3 is 2.75 bits per heavy atom. The Balaban J connectivity index is 1.32. The second-order valence-electron chi connectivity index (χ2n) is 7.36. The molecule has 0 spiro atoms. The number of rotatable bonds is 5. The van der Waals surface area contributed by atoms with E-state index in [-0.39, 0.29) is 23.8 Å². The number of nitrogens with zero attached hydrogens (tertiary/aromatic N) is 4. The molecule has 8 nitrogen and oxygen atoms in total. The van der Waals surface area contributed by atoms with Crippen LogP contribution in [0.15, 0.2) is 36.8 Å². The number of hydrogen-bond donors (Lipinski definition) is 1. The Hall–Kier alpha value is -2.74. The second kappa shape index (κ2) is 8.52. The van der Waals surface area contributed by atoms with Crippen LogP contribution in [0.5, 0.6) is 0 Å². The van der Waals surface area contributed by atoms with Crippen LogP contribution in [0.25, 0.3) is 0 Å². The molecule has 2 aliphatic heterocycles. The Bertz CT molecular complexity index is 808. The SMILES string of the molecule is O=C(Nc1ccnn1C1CCN(C(=O)Cc2cccnc2)CC1)C1CCOC1. The van der Waals surface area contributed by atoms with E-state index in [0.717, 1.165) is 30.6 Å². The van der Waals surface area contributed by atoms with E-state index in [2.05, 4.69) is 15.4 Å². The van der Waals surface area contributed by atoms with Crippen LogP contribution in [-0.4, -0.2) is 57.8 Å². The summed E-state index contributed by atoms with van der Waals surface area (Å²) in [5.74, 6) is 0.748. The van der Waals surface area contributed by atoms with Crippen molar-refractivity contribution in [1.29, 1.82) is 0 Å². The highest BCUT2D eigenvalue weighted by Gasteiger charge is 2.28. The average molecular weight is 383 g/mol. The summed E-state index contributed by atoms with van der Waals surface area (Å²) in [6, 6.07) is 5.77. The van der Waals surface area contributed by atoms with Crippen molar-refractivity contribution < 1.29 is 14.3 Å². The molecule has 0 aromatic carbocycles. The number of carbonyl (C=O) groups is 2. The molecular formula is C20H25N5O3. The summed E-state index contributed by atoms with van der Waals surface area (Å²) in [5, 5.41) is 7.41. The van der Waals surface area contributed by atoms with E-state index >= 15 is 0 Å². The van der Waals surface area contributed by atoms with E-state index in [9.17, 15) is 9.59 Å². The first-order valence-corrected chi connectivity index (χ1v) is 9.79. The number of ether oxygens (including phenoxy) is 1. The van der Waals surface area contributed by atoms with Crippen LogP contribution in [0, 0.1) is 5.92 Å². The molecule has 0 aliphatic carbocycles. The first-order valence-electron chi connectivity index (χ1n) is 9.79. The van der Waals surface area contributed by atoms with E-state index in [0.29, 0.717) is 32.7 Å². The third-order valence-electron chi connectivity index (χ3n) is 5.46. The second-order valence-corrected chi connectivity index (χ2v) is 7.36. The minimum absolute atomic E-state index is 0.0108. The highest BCUT2D eigenvalue weighted by molar-refractivity contribution is 5.92. The van der Waals surface area contributed by atoms with Crippen molar-refractivity contribution in [2.75, 3.05) is 31.6 Å². The number of carbonyl (C=O) groups excluding carboxylic acids is 2. The molecule has 4 rings (SSSR count). The summed E-state index contributed by atoms with van der Waals surface area (Å²) >= 11 is 0. The van der Waals surface area contributed by atoms with Gasteiger partial charge >= 0.3 is 0 Å². The van der Waals surface area contributed by atoms with E-state index in [1.807, 2.05) is 27.8 Å². The number of piperidine rings is 1. The molecule has 2 saturated heterocycles. The molecule has 2 aliphatic rings. The zero-order valence-electron chi connectivity index (χ0n) is 15.8. The number of likely N-dealkylation sites (tertiary alicyclic amines) is 1. The maximum absolute atomic E-state index is 12.5. The average Bonchev–Trinajstić information content (AvgIpc) is 3.41. The van der Waals surface area contributed by atoms with Gasteiger partial charge in [0.1, 0.15) is 5.82 Å². The quantitative estimate of drug-likeness (QED) is 0.848. The smallest absolute Gasteiger partial charge is 0.231 e. The third-order valence-corrected chi connectivity index (χ3v) is 5.46. The zero-order valence-corrected chi connectivity index (χ0v) is 15.8. The minimum Gasteiger partial charge on any atom is -0.381 e. The molecule has 1 N–H and O–H groups in total. The predicted octanol–water partition coefficient (Wildman–Crippen LogP) is 1.66. The number of nitrogens with one attached hydrogen (secondary N) is 1. The molecule has 0 saturated carbocycles.